The predicted octanol–water partition coefficient (Wildman–Crippen LogP) is 2.29. The molecule has 0 unspecified atom stereocenters. The zero-order chi connectivity index (χ0) is 21.6. The van der Waals surface area contributed by atoms with Gasteiger partial charge in [-0.2, -0.15) is 0 Å². The molecule has 166 valence electrons. The van der Waals surface area contributed by atoms with Crippen LogP contribution in [0.15, 0.2) is 30.3 Å². The Morgan fingerprint density at radius 2 is 1.70 bits per heavy atom. The first kappa shape index (κ1) is 22.7. The minimum Gasteiger partial charge on any atom is -0.483 e. The Hall–Kier alpha value is -1.96. The van der Waals surface area contributed by atoms with Gasteiger partial charge in [-0.15, -0.1) is 0 Å². The van der Waals surface area contributed by atoms with Crippen molar-refractivity contribution < 1.29 is 24.9 Å². The van der Waals surface area contributed by atoms with Crippen LogP contribution in [-0.4, -0.2) is 75.9 Å². The van der Waals surface area contributed by atoms with Crippen molar-refractivity contribution in [2.45, 2.75) is 57.2 Å². The number of carboxylic acid groups (broad SMARTS) is 2. The van der Waals surface area contributed by atoms with Gasteiger partial charge in [0.05, 0.1) is 6.10 Å². The average molecular weight is 419 g/mol. The van der Waals surface area contributed by atoms with Crippen molar-refractivity contribution in [3.8, 4) is 0 Å². The van der Waals surface area contributed by atoms with E-state index < -0.39 is 17.5 Å². The second-order valence-electron chi connectivity index (χ2n) is 8.98. The fraction of sp³-hybridized carbons (Fsp3) is 0.652. The molecule has 3 fully saturated rings. The fourth-order valence-electron chi connectivity index (χ4n) is 5.04. The Bertz CT molecular complexity index is 688. The number of carboxylic acids is 1. The van der Waals surface area contributed by atoms with Gasteiger partial charge < -0.3 is 15.3 Å². The van der Waals surface area contributed by atoms with E-state index in [1.54, 1.807) is 0 Å². The SMILES string of the molecule is O=C(O)[C@]1(CC2CC2)CN(C2CCN(Cc3ccccc3)CC2)CC[C@H]1O.O=CO. The second kappa shape index (κ2) is 10.4. The smallest absolute Gasteiger partial charge is 0.313 e. The second-order valence-corrected chi connectivity index (χ2v) is 8.98. The summed E-state index contributed by atoms with van der Waals surface area (Å²) in [5.41, 5.74) is 0.395. The number of hydrogen-bond donors (Lipinski definition) is 3. The average Bonchev–Trinajstić information content (AvgIpc) is 3.55. The highest BCUT2D eigenvalue weighted by Crippen LogP contribution is 2.45. The number of aliphatic carboxylic acids is 1. The molecule has 4 rings (SSSR count). The molecular weight excluding hydrogens is 384 g/mol. The fourth-order valence-corrected chi connectivity index (χ4v) is 5.04. The predicted molar refractivity (Wildman–Crippen MR) is 113 cm³/mol. The van der Waals surface area contributed by atoms with Crippen molar-refractivity contribution in [3.63, 3.8) is 0 Å². The van der Waals surface area contributed by atoms with Gasteiger partial charge in [0.2, 0.25) is 0 Å². The van der Waals surface area contributed by atoms with Crippen LogP contribution in [-0.2, 0) is 16.1 Å². The molecule has 1 aromatic rings. The number of piperidine rings is 2. The number of aliphatic hydroxyl groups excluding tert-OH is 1. The molecule has 2 atom stereocenters. The first-order chi connectivity index (χ1) is 14.5. The molecule has 0 spiro atoms. The van der Waals surface area contributed by atoms with Gasteiger partial charge in [-0.25, -0.2) is 0 Å². The molecule has 0 aromatic heterocycles. The maximum Gasteiger partial charge on any atom is 0.313 e. The van der Waals surface area contributed by atoms with Gasteiger partial charge in [0, 0.05) is 25.7 Å². The van der Waals surface area contributed by atoms with E-state index in [-0.39, 0.29) is 6.47 Å². The molecule has 0 radical (unpaired) electrons. The van der Waals surface area contributed by atoms with Crippen molar-refractivity contribution in [2.24, 2.45) is 11.3 Å². The zero-order valence-electron chi connectivity index (χ0n) is 17.5. The Morgan fingerprint density at radius 1 is 1.07 bits per heavy atom. The maximum atomic E-state index is 12.1. The lowest BCUT2D eigenvalue weighted by Gasteiger charge is -2.48. The van der Waals surface area contributed by atoms with Crippen LogP contribution >= 0.6 is 0 Å². The molecule has 30 heavy (non-hydrogen) atoms. The molecule has 7 heteroatoms. The third-order valence-electron chi connectivity index (χ3n) is 6.91. The van der Waals surface area contributed by atoms with Gasteiger partial charge in [0.25, 0.3) is 6.47 Å². The van der Waals surface area contributed by atoms with E-state index in [9.17, 15) is 15.0 Å². The number of aliphatic hydroxyl groups is 1. The summed E-state index contributed by atoms with van der Waals surface area (Å²) >= 11 is 0. The summed E-state index contributed by atoms with van der Waals surface area (Å²) in [6.07, 6.45) is 4.95. The summed E-state index contributed by atoms with van der Waals surface area (Å²) in [4.78, 5) is 25.4. The lowest BCUT2D eigenvalue weighted by molar-refractivity contribution is -0.166. The minimum atomic E-state index is -0.958. The first-order valence-electron chi connectivity index (χ1n) is 11.0. The van der Waals surface area contributed by atoms with E-state index >= 15 is 0 Å². The van der Waals surface area contributed by atoms with Crippen molar-refractivity contribution in [1.82, 2.24) is 9.80 Å². The molecule has 1 aliphatic carbocycles. The van der Waals surface area contributed by atoms with E-state index in [1.165, 1.54) is 5.56 Å². The van der Waals surface area contributed by atoms with E-state index in [0.29, 0.717) is 31.3 Å². The van der Waals surface area contributed by atoms with Gasteiger partial charge in [0.15, 0.2) is 0 Å². The molecule has 0 bridgehead atoms. The van der Waals surface area contributed by atoms with Crippen molar-refractivity contribution in [2.75, 3.05) is 26.2 Å². The van der Waals surface area contributed by atoms with Crippen LogP contribution in [0, 0.1) is 11.3 Å². The highest BCUT2D eigenvalue weighted by Gasteiger charge is 2.52. The van der Waals surface area contributed by atoms with Crippen molar-refractivity contribution in [1.29, 1.82) is 0 Å². The lowest BCUT2D eigenvalue weighted by atomic mass is 9.72. The van der Waals surface area contributed by atoms with Crippen LogP contribution in [0.4, 0.5) is 0 Å². The number of benzene rings is 1. The van der Waals surface area contributed by atoms with E-state index in [1.807, 2.05) is 0 Å². The molecule has 2 aliphatic heterocycles. The quantitative estimate of drug-likeness (QED) is 0.609. The number of hydrogen-bond acceptors (Lipinski definition) is 5. The molecule has 2 saturated heterocycles. The summed E-state index contributed by atoms with van der Waals surface area (Å²) in [5, 5.41) is 27.4. The molecule has 3 aliphatic rings. The Kier molecular flexibility index (Phi) is 7.86. The highest BCUT2D eigenvalue weighted by atomic mass is 16.4. The van der Waals surface area contributed by atoms with Crippen LogP contribution < -0.4 is 0 Å². The number of carbonyl (C=O) groups is 2. The summed E-state index contributed by atoms with van der Waals surface area (Å²) in [5.74, 6) is -0.295. The van der Waals surface area contributed by atoms with Gasteiger partial charge in [-0.3, -0.25) is 19.4 Å². The standard InChI is InChI=1S/C22H32N2O3.CH2O2/c25-20-10-13-24(16-22(20,21(26)27)14-17-6-7-17)19-8-11-23(12-9-19)15-18-4-2-1-3-5-18;2-1-3/h1-5,17,19-20,25H,6-16H2,(H,26,27);1H,(H,2,3)/t20-,22-;/m1./s1. The highest BCUT2D eigenvalue weighted by molar-refractivity contribution is 5.76. The third kappa shape index (κ3) is 5.59. The number of rotatable bonds is 6. The topological polar surface area (TPSA) is 101 Å². The summed E-state index contributed by atoms with van der Waals surface area (Å²) in [7, 11) is 0. The number of nitrogens with zero attached hydrogens (tertiary/aromatic N) is 2. The lowest BCUT2D eigenvalue weighted by Crippen LogP contribution is -2.59. The monoisotopic (exact) mass is 418 g/mol. The van der Waals surface area contributed by atoms with Gasteiger partial charge >= 0.3 is 5.97 Å². The van der Waals surface area contributed by atoms with Gasteiger partial charge in [0.1, 0.15) is 5.41 Å². The maximum absolute atomic E-state index is 12.1. The Morgan fingerprint density at radius 3 is 2.27 bits per heavy atom. The van der Waals surface area contributed by atoms with Gasteiger partial charge in [-0.1, -0.05) is 43.2 Å². The number of likely N-dealkylation sites (tertiary alicyclic amines) is 2. The van der Waals surface area contributed by atoms with Crippen molar-refractivity contribution >= 4 is 12.4 Å². The van der Waals surface area contributed by atoms with Crippen LogP contribution in [0.1, 0.15) is 44.1 Å². The summed E-state index contributed by atoms with van der Waals surface area (Å²) < 4.78 is 0. The summed E-state index contributed by atoms with van der Waals surface area (Å²) in [6, 6.07) is 11.0. The first-order valence-corrected chi connectivity index (χ1v) is 11.0. The zero-order valence-corrected chi connectivity index (χ0v) is 17.5. The molecule has 3 N–H and O–H groups in total. The minimum absolute atomic E-state index is 0.250. The van der Waals surface area contributed by atoms with Crippen LogP contribution in [0.2, 0.25) is 0 Å². The molecule has 2 heterocycles. The van der Waals surface area contributed by atoms with E-state index in [0.717, 1.165) is 51.9 Å². The molecular formula is C23H34N2O5. The molecule has 0 amide bonds. The normalized spacial score (nSPS) is 28.4. The Labute approximate surface area is 178 Å². The van der Waals surface area contributed by atoms with Crippen LogP contribution in [0.5, 0.6) is 0 Å². The van der Waals surface area contributed by atoms with Gasteiger partial charge in [-0.05, 0) is 50.3 Å². The Balaban J connectivity index is 0.000000806. The summed E-state index contributed by atoms with van der Waals surface area (Å²) in [6.45, 7) is 4.20. The van der Waals surface area contributed by atoms with Crippen LogP contribution in [0.25, 0.3) is 0 Å². The van der Waals surface area contributed by atoms with E-state index in [4.69, 9.17) is 9.90 Å². The van der Waals surface area contributed by atoms with Crippen molar-refractivity contribution in [3.05, 3.63) is 35.9 Å². The largest absolute Gasteiger partial charge is 0.483 e. The third-order valence-corrected chi connectivity index (χ3v) is 6.91. The molecule has 7 nitrogen and oxygen atoms in total. The van der Waals surface area contributed by atoms with Crippen LogP contribution in [0.3, 0.4) is 0 Å². The molecule has 1 aromatic carbocycles. The van der Waals surface area contributed by atoms with E-state index in [2.05, 4.69) is 40.1 Å². The molecule has 1 saturated carbocycles.